The summed E-state index contributed by atoms with van der Waals surface area (Å²) in [4.78, 5) is 11.2. The Hall–Kier alpha value is -0.290. The van der Waals surface area contributed by atoms with E-state index in [0.29, 0.717) is 10.6 Å². The van der Waals surface area contributed by atoms with Gasteiger partial charge in [-0.3, -0.25) is 4.79 Å². The lowest BCUT2D eigenvalue weighted by molar-refractivity contribution is -0.141. The van der Waals surface area contributed by atoms with E-state index in [0.717, 1.165) is 4.47 Å². The summed E-state index contributed by atoms with van der Waals surface area (Å²) in [5, 5.41) is 0.539. The largest absolute Gasteiger partial charge is 0.469 e. The molecule has 1 aromatic rings. The second-order valence-electron chi connectivity index (χ2n) is 3.79. The predicted molar refractivity (Wildman–Crippen MR) is 74.6 cm³/mol. The molecule has 0 amide bonds. The van der Waals surface area contributed by atoms with Crippen LogP contribution in [0.4, 0.5) is 0 Å². The van der Waals surface area contributed by atoms with Crippen molar-refractivity contribution in [1.82, 2.24) is 0 Å². The van der Waals surface area contributed by atoms with Crippen LogP contribution in [-0.4, -0.2) is 13.1 Å². The Morgan fingerprint density at radius 3 is 2.71 bits per heavy atom. The highest BCUT2D eigenvalue weighted by molar-refractivity contribution is 9.10. The first-order valence-corrected chi connectivity index (χ1v) is 5.85. The van der Waals surface area contributed by atoms with Gasteiger partial charge in [0, 0.05) is 9.50 Å². The fourth-order valence-electron chi connectivity index (χ4n) is 1.40. The zero-order valence-corrected chi connectivity index (χ0v) is 12.7. The number of benzene rings is 1. The zero-order valence-electron chi connectivity index (χ0n) is 9.50. The SMILES string of the molecule is COC(=O)CC(C)(N)c1cc(Br)ccc1Cl.Cl. The van der Waals surface area contributed by atoms with Crippen LogP contribution >= 0.6 is 39.9 Å². The molecule has 0 saturated carbocycles. The fourth-order valence-corrected chi connectivity index (χ4v) is 2.10. The van der Waals surface area contributed by atoms with E-state index in [4.69, 9.17) is 17.3 Å². The lowest BCUT2D eigenvalue weighted by atomic mass is 9.90. The van der Waals surface area contributed by atoms with Crippen LogP contribution in [0.15, 0.2) is 22.7 Å². The minimum Gasteiger partial charge on any atom is -0.469 e. The first-order valence-electron chi connectivity index (χ1n) is 4.68. The van der Waals surface area contributed by atoms with Gasteiger partial charge in [-0.2, -0.15) is 0 Å². The third-order valence-corrected chi connectivity index (χ3v) is 3.11. The molecule has 0 fully saturated rings. The third-order valence-electron chi connectivity index (χ3n) is 2.28. The van der Waals surface area contributed by atoms with Gasteiger partial charge in [0.15, 0.2) is 0 Å². The van der Waals surface area contributed by atoms with Crippen LogP contribution in [0, 0.1) is 0 Å². The fraction of sp³-hybridized carbons (Fsp3) is 0.364. The molecule has 0 bridgehead atoms. The van der Waals surface area contributed by atoms with Crippen LogP contribution in [0.3, 0.4) is 0 Å². The smallest absolute Gasteiger partial charge is 0.307 e. The van der Waals surface area contributed by atoms with Crippen LogP contribution < -0.4 is 5.73 Å². The molecule has 1 atom stereocenters. The minimum atomic E-state index is -0.839. The summed E-state index contributed by atoms with van der Waals surface area (Å²) in [5.41, 5.74) is 5.96. The molecular weight excluding hydrogens is 329 g/mol. The Kier molecular flexibility index (Phi) is 6.48. The monoisotopic (exact) mass is 341 g/mol. The number of halogens is 3. The number of methoxy groups -OCH3 is 1. The molecule has 2 N–H and O–H groups in total. The van der Waals surface area contributed by atoms with Gasteiger partial charge >= 0.3 is 5.97 Å². The molecule has 0 aliphatic heterocycles. The van der Waals surface area contributed by atoms with Crippen LogP contribution in [-0.2, 0) is 15.1 Å². The Morgan fingerprint density at radius 2 is 2.18 bits per heavy atom. The highest BCUT2D eigenvalue weighted by atomic mass is 79.9. The molecule has 0 saturated heterocycles. The van der Waals surface area contributed by atoms with Crippen LogP contribution in [0.5, 0.6) is 0 Å². The summed E-state index contributed by atoms with van der Waals surface area (Å²) >= 11 is 9.40. The predicted octanol–water partition coefficient (Wildman–Crippen LogP) is 3.26. The topological polar surface area (TPSA) is 52.3 Å². The molecule has 17 heavy (non-hydrogen) atoms. The average molecular weight is 343 g/mol. The van der Waals surface area contributed by atoms with Crippen molar-refractivity contribution in [2.45, 2.75) is 18.9 Å². The van der Waals surface area contributed by atoms with E-state index >= 15 is 0 Å². The first-order chi connectivity index (χ1) is 7.36. The number of nitrogens with two attached hydrogens (primary N) is 1. The van der Waals surface area contributed by atoms with E-state index in [1.165, 1.54) is 7.11 Å². The summed E-state index contributed by atoms with van der Waals surface area (Å²) in [6, 6.07) is 5.37. The summed E-state index contributed by atoms with van der Waals surface area (Å²) in [5.74, 6) is -0.360. The van der Waals surface area contributed by atoms with E-state index in [-0.39, 0.29) is 24.8 Å². The number of hydrogen-bond donors (Lipinski definition) is 1. The van der Waals surface area contributed by atoms with Crippen molar-refractivity contribution in [1.29, 1.82) is 0 Å². The zero-order chi connectivity index (χ0) is 12.3. The van der Waals surface area contributed by atoms with E-state index in [1.54, 1.807) is 13.0 Å². The van der Waals surface area contributed by atoms with Gasteiger partial charge in [0.25, 0.3) is 0 Å². The van der Waals surface area contributed by atoms with Crippen molar-refractivity contribution in [2.75, 3.05) is 7.11 Å². The average Bonchev–Trinajstić information content (AvgIpc) is 2.20. The maximum atomic E-state index is 11.2. The van der Waals surface area contributed by atoms with E-state index < -0.39 is 5.54 Å². The standard InChI is InChI=1S/C11H13BrClNO2.ClH/c1-11(14,6-10(15)16-2)8-5-7(12)3-4-9(8)13;/h3-5H,6,14H2,1-2H3;1H. The number of carbonyl (C=O) groups is 1. The van der Waals surface area contributed by atoms with Gasteiger partial charge in [-0.1, -0.05) is 27.5 Å². The second-order valence-corrected chi connectivity index (χ2v) is 5.12. The van der Waals surface area contributed by atoms with Gasteiger partial charge in [-0.15, -0.1) is 12.4 Å². The van der Waals surface area contributed by atoms with Crippen molar-refractivity contribution in [3.63, 3.8) is 0 Å². The molecule has 1 rings (SSSR count). The lowest BCUT2D eigenvalue weighted by Crippen LogP contribution is -2.36. The van der Waals surface area contributed by atoms with E-state index in [9.17, 15) is 4.79 Å². The van der Waals surface area contributed by atoms with Crippen LogP contribution in [0.2, 0.25) is 5.02 Å². The van der Waals surface area contributed by atoms with Crippen molar-refractivity contribution in [2.24, 2.45) is 5.73 Å². The van der Waals surface area contributed by atoms with Crippen molar-refractivity contribution in [3.05, 3.63) is 33.3 Å². The molecular formula is C11H14BrCl2NO2. The molecule has 96 valence electrons. The van der Waals surface area contributed by atoms with Crippen LogP contribution in [0.25, 0.3) is 0 Å². The molecule has 0 aliphatic carbocycles. The molecule has 0 radical (unpaired) electrons. The van der Waals surface area contributed by atoms with Crippen molar-refractivity contribution in [3.8, 4) is 0 Å². The number of hydrogen-bond acceptors (Lipinski definition) is 3. The highest BCUT2D eigenvalue weighted by Gasteiger charge is 2.27. The third kappa shape index (κ3) is 4.47. The molecule has 1 unspecified atom stereocenters. The van der Waals surface area contributed by atoms with E-state index in [1.807, 2.05) is 12.1 Å². The highest BCUT2D eigenvalue weighted by Crippen LogP contribution is 2.31. The molecule has 0 spiro atoms. The Morgan fingerprint density at radius 1 is 1.59 bits per heavy atom. The second kappa shape index (κ2) is 6.59. The van der Waals surface area contributed by atoms with Gasteiger partial charge in [0.2, 0.25) is 0 Å². The lowest BCUT2D eigenvalue weighted by Gasteiger charge is -2.25. The van der Waals surface area contributed by atoms with Gasteiger partial charge in [0.1, 0.15) is 0 Å². The number of esters is 1. The molecule has 3 nitrogen and oxygen atoms in total. The number of ether oxygens (including phenoxy) is 1. The maximum Gasteiger partial charge on any atom is 0.307 e. The molecule has 0 aliphatic rings. The Balaban J connectivity index is 0.00000256. The molecule has 0 heterocycles. The molecule has 6 heteroatoms. The summed E-state index contributed by atoms with van der Waals surface area (Å²) in [6.07, 6.45) is 0.0830. The van der Waals surface area contributed by atoms with E-state index in [2.05, 4.69) is 20.7 Å². The quantitative estimate of drug-likeness (QED) is 0.858. The summed E-state index contributed by atoms with van der Waals surface area (Å²) in [7, 11) is 1.33. The number of rotatable bonds is 3. The molecule has 1 aromatic carbocycles. The van der Waals surface area contributed by atoms with Gasteiger partial charge in [0.05, 0.1) is 19.1 Å². The van der Waals surface area contributed by atoms with Gasteiger partial charge < -0.3 is 10.5 Å². The number of carbonyl (C=O) groups excluding carboxylic acids is 1. The van der Waals surface area contributed by atoms with Crippen molar-refractivity contribution < 1.29 is 9.53 Å². The Labute approximate surface area is 120 Å². The van der Waals surface area contributed by atoms with Gasteiger partial charge in [-0.05, 0) is 30.7 Å². The summed E-state index contributed by atoms with van der Waals surface area (Å²) in [6.45, 7) is 1.75. The maximum absolute atomic E-state index is 11.2. The normalized spacial score (nSPS) is 13.5. The summed E-state index contributed by atoms with van der Waals surface area (Å²) < 4.78 is 5.47. The molecule has 0 aromatic heterocycles. The first kappa shape index (κ1) is 16.7. The van der Waals surface area contributed by atoms with Gasteiger partial charge in [-0.25, -0.2) is 0 Å². The minimum absolute atomic E-state index is 0. The van der Waals surface area contributed by atoms with Crippen LogP contribution in [0.1, 0.15) is 18.9 Å². The Bertz CT molecular complexity index is 410. The van der Waals surface area contributed by atoms with Crippen molar-refractivity contribution >= 4 is 45.9 Å².